The number of halogens is 3. The molecule has 0 unspecified atom stereocenters. The van der Waals surface area contributed by atoms with Gasteiger partial charge in [-0.05, 0) is 0 Å². The lowest BCUT2D eigenvalue weighted by Gasteiger charge is -2.43. The molecule has 0 bridgehead atoms. The van der Waals surface area contributed by atoms with Gasteiger partial charge in [0.25, 0.3) is 3.79 Å². The van der Waals surface area contributed by atoms with Crippen LogP contribution in [0.15, 0.2) is 12.7 Å². The van der Waals surface area contributed by atoms with E-state index in [1.807, 2.05) is 0 Å². The van der Waals surface area contributed by atoms with E-state index in [1.165, 1.54) is 6.08 Å². The van der Waals surface area contributed by atoms with Crippen LogP contribution in [-0.4, -0.2) is 77.7 Å². The molecular formula is C18H22Cl3NO11. The average Bonchev–Trinajstić information content (AvgIpc) is 2.67. The van der Waals surface area contributed by atoms with Crippen LogP contribution in [0.3, 0.4) is 0 Å². The predicted molar refractivity (Wildman–Crippen MR) is 112 cm³/mol. The van der Waals surface area contributed by atoms with Crippen LogP contribution in [0.5, 0.6) is 0 Å². The molecule has 0 radical (unpaired) electrons. The minimum Gasteiger partial charge on any atom is -0.463 e. The molecule has 0 spiro atoms. The second-order valence-electron chi connectivity index (χ2n) is 6.37. The van der Waals surface area contributed by atoms with E-state index in [4.69, 9.17) is 73.4 Å². The van der Waals surface area contributed by atoms with Crippen molar-refractivity contribution >= 4 is 64.8 Å². The number of hydrogen-bond acceptors (Lipinski definition) is 12. The van der Waals surface area contributed by atoms with Crippen LogP contribution in [0.2, 0.25) is 0 Å². The van der Waals surface area contributed by atoms with E-state index < -0.39 is 71.1 Å². The summed E-state index contributed by atoms with van der Waals surface area (Å²) in [5, 5.41) is 7.79. The smallest absolute Gasteiger partial charge is 0.463 e. The number of carbonyl (C=O) groups excluding carboxylic acids is 4. The highest BCUT2D eigenvalue weighted by molar-refractivity contribution is 6.76. The van der Waals surface area contributed by atoms with E-state index in [2.05, 4.69) is 6.58 Å². The van der Waals surface area contributed by atoms with Gasteiger partial charge in [0.05, 0.1) is 0 Å². The third-order valence-corrected chi connectivity index (χ3v) is 4.20. The van der Waals surface area contributed by atoms with Gasteiger partial charge in [-0.2, -0.15) is 0 Å². The number of esters is 3. The summed E-state index contributed by atoms with van der Waals surface area (Å²) in [5.41, 5.74) is 0. The lowest BCUT2D eigenvalue weighted by molar-refractivity contribution is -0.290. The molecular weight excluding hydrogens is 513 g/mol. The molecule has 15 heteroatoms. The highest BCUT2D eigenvalue weighted by Crippen LogP contribution is 2.33. The fraction of sp³-hybridized carbons (Fsp3) is 0.611. The molecule has 0 aromatic carbocycles. The van der Waals surface area contributed by atoms with E-state index in [-0.39, 0.29) is 6.61 Å². The summed E-state index contributed by atoms with van der Waals surface area (Å²) in [5.74, 6) is -3.36. The highest BCUT2D eigenvalue weighted by Gasteiger charge is 2.54. The van der Waals surface area contributed by atoms with Crippen molar-refractivity contribution in [1.29, 1.82) is 5.41 Å². The molecule has 5 atom stereocenters. The zero-order valence-corrected chi connectivity index (χ0v) is 20.0. The van der Waals surface area contributed by atoms with Gasteiger partial charge in [-0.1, -0.05) is 47.5 Å². The van der Waals surface area contributed by atoms with E-state index in [0.717, 1.165) is 20.8 Å². The summed E-state index contributed by atoms with van der Waals surface area (Å²) in [7, 11) is 0. The van der Waals surface area contributed by atoms with Crippen molar-refractivity contribution in [2.24, 2.45) is 0 Å². The summed E-state index contributed by atoms with van der Waals surface area (Å²) in [6.07, 6.45) is -7.75. The second kappa shape index (κ2) is 12.8. The molecule has 1 saturated heterocycles. The Morgan fingerprint density at radius 1 is 0.909 bits per heavy atom. The van der Waals surface area contributed by atoms with Crippen molar-refractivity contribution in [3.63, 3.8) is 0 Å². The van der Waals surface area contributed by atoms with Crippen molar-refractivity contribution < 1.29 is 52.3 Å². The lowest BCUT2D eigenvalue weighted by Crippen LogP contribution is -2.63. The van der Waals surface area contributed by atoms with Gasteiger partial charge in [-0.3, -0.25) is 19.8 Å². The van der Waals surface area contributed by atoms with Crippen LogP contribution in [0.1, 0.15) is 20.8 Å². The van der Waals surface area contributed by atoms with Gasteiger partial charge in [-0.25, -0.2) is 4.79 Å². The lowest BCUT2D eigenvalue weighted by atomic mass is 9.98. The van der Waals surface area contributed by atoms with Crippen molar-refractivity contribution in [3.8, 4) is 0 Å². The summed E-state index contributed by atoms with van der Waals surface area (Å²) in [4.78, 5) is 46.9. The number of alkyl halides is 3. The second-order valence-corrected chi connectivity index (χ2v) is 8.65. The third kappa shape index (κ3) is 9.62. The van der Waals surface area contributed by atoms with E-state index in [0.29, 0.717) is 0 Å². The minimum atomic E-state index is -2.33. The maximum Gasteiger partial charge on any atom is 0.509 e. The Hall–Kier alpha value is -2.28. The molecule has 0 aromatic rings. The zero-order valence-electron chi connectivity index (χ0n) is 17.7. The molecule has 12 nitrogen and oxygen atoms in total. The van der Waals surface area contributed by atoms with E-state index >= 15 is 0 Å². The molecule has 1 heterocycles. The first-order chi connectivity index (χ1) is 15.3. The normalized spacial score (nSPS) is 24.6. The fourth-order valence-corrected chi connectivity index (χ4v) is 2.68. The summed E-state index contributed by atoms with van der Waals surface area (Å²) >= 11 is 16.9. The number of carbonyl (C=O) groups is 4. The number of rotatable bonds is 8. The van der Waals surface area contributed by atoms with Gasteiger partial charge < -0.3 is 33.2 Å². The largest absolute Gasteiger partial charge is 0.509 e. The molecule has 33 heavy (non-hydrogen) atoms. The van der Waals surface area contributed by atoms with Crippen LogP contribution < -0.4 is 0 Å². The van der Waals surface area contributed by atoms with Crippen LogP contribution >= 0.6 is 34.8 Å². The molecule has 0 amide bonds. The summed E-state index contributed by atoms with van der Waals surface area (Å²) in [6, 6.07) is 0. The molecule has 186 valence electrons. The summed E-state index contributed by atoms with van der Waals surface area (Å²) in [6.45, 7) is 5.83. The Bertz CT molecular complexity index is 770. The Morgan fingerprint density at radius 3 is 1.97 bits per heavy atom. The molecule has 1 N–H and O–H groups in total. The molecule has 0 saturated carbocycles. The van der Waals surface area contributed by atoms with Crippen LogP contribution in [-0.2, 0) is 47.5 Å². The first-order valence-corrected chi connectivity index (χ1v) is 10.3. The molecule has 1 aliphatic heterocycles. The molecule has 1 rings (SSSR count). The topological polar surface area (TPSA) is 157 Å². The monoisotopic (exact) mass is 533 g/mol. The molecule has 0 aliphatic carbocycles. The number of nitrogens with one attached hydrogen (secondary N) is 1. The van der Waals surface area contributed by atoms with Crippen molar-refractivity contribution in [2.75, 3.05) is 13.2 Å². The Balaban J connectivity index is 3.42. The van der Waals surface area contributed by atoms with Crippen LogP contribution in [0.25, 0.3) is 0 Å². The predicted octanol–water partition coefficient (Wildman–Crippen LogP) is 2.21. The van der Waals surface area contributed by atoms with Crippen molar-refractivity contribution in [3.05, 3.63) is 12.7 Å². The standard InChI is InChI=1S/C18H22Cl3NO11/c1-5-6-27-17(26)32-13-12(29-9(3)24)11(7-28-8(2)23)31-15(14(13)30-10(4)25)33-16(22)18(19,20)21/h5,11-15,22H,1,6-7H2,2-4H3/t11-,12-,13+,14-,15-/m1/s1. The number of hydrogen-bond donors (Lipinski definition) is 1. The third-order valence-electron chi connectivity index (χ3n) is 3.69. The first-order valence-electron chi connectivity index (χ1n) is 9.16. The maximum absolute atomic E-state index is 12.1. The molecule has 0 aromatic heterocycles. The Morgan fingerprint density at radius 2 is 1.48 bits per heavy atom. The minimum absolute atomic E-state index is 0.229. The van der Waals surface area contributed by atoms with Gasteiger partial charge >= 0.3 is 24.1 Å². The molecule has 1 aliphatic rings. The fourth-order valence-electron chi connectivity index (χ4n) is 2.55. The van der Waals surface area contributed by atoms with Crippen LogP contribution in [0.4, 0.5) is 4.79 Å². The highest BCUT2D eigenvalue weighted by atomic mass is 35.6. The summed E-state index contributed by atoms with van der Waals surface area (Å²) < 4.78 is 33.7. The maximum atomic E-state index is 12.1. The average molecular weight is 535 g/mol. The van der Waals surface area contributed by atoms with Gasteiger partial charge in [-0.15, -0.1) is 0 Å². The quantitative estimate of drug-likeness (QED) is 0.122. The van der Waals surface area contributed by atoms with Gasteiger partial charge in [0.1, 0.15) is 19.3 Å². The van der Waals surface area contributed by atoms with Crippen molar-refractivity contribution in [1.82, 2.24) is 0 Å². The zero-order chi connectivity index (χ0) is 25.3. The first kappa shape index (κ1) is 28.8. The SMILES string of the molecule is C=CCOC(=O)O[C@@H]1[C@@H](OC(C)=O)[C@@H](OC(=N)C(Cl)(Cl)Cl)O[C@H](COC(C)=O)[C@H]1OC(C)=O. The van der Waals surface area contributed by atoms with Crippen molar-refractivity contribution in [2.45, 2.75) is 55.3 Å². The molecule has 1 fully saturated rings. The van der Waals surface area contributed by atoms with Gasteiger partial charge in [0, 0.05) is 20.8 Å². The van der Waals surface area contributed by atoms with E-state index in [9.17, 15) is 19.2 Å². The van der Waals surface area contributed by atoms with E-state index in [1.54, 1.807) is 0 Å². The van der Waals surface area contributed by atoms with Gasteiger partial charge in [0.15, 0.2) is 12.2 Å². The Kier molecular flexibility index (Phi) is 11.2. The van der Waals surface area contributed by atoms with Crippen LogP contribution in [0, 0.1) is 5.41 Å². The Labute approximate surface area is 203 Å². The van der Waals surface area contributed by atoms with Gasteiger partial charge in [0.2, 0.25) is 18.3 Å². The number of ether oxygens (including phenoxy) is 7.